The Labute approximate surface area is 144 Å². The van der Waals surface area contributed by atoms with Gasteiger partial charge in [-0.2, -0.15) is 0 Å². The van der Waals surface area contributed by atoms with Crippen molar-refractivity contribution in [2.24, 2.45) is 0 Å². The van der Waals surface area contributed by atoms with E-state index in [1.165, 1.54) is 0 Å². The maximum atomic E-state index is 12.0. The van der Waals surface area contributed by atoms with Crippen LogP contribution in [0.2, 0.25) is 0 Å². The first-order valence-electron chi connectivity index (χ1n) is 7.80. The van der Waals surface area contributed by atoms with E-state index in [1.54, 1.807) is 36.5 Å². The van der Waals surface area contributed by atoms with Crippen LogP contribution in [-0.4, -0.2) is 23.3 Å². The third-order valence-electron chi connectivity index (χ3n) is 3.74. The molecule has 1 heterocycles. The van der Waals surface area contributed by atoms with E-state index >= 15 is 0 Å². The fraction of sp³-hybridized carbons (Fsp3) is 0.0526. The quantitative estimate of drug-likeness (QED) is 0.539. The van der Waals surface area contributed by atoms with Crippen LogP contribution in [0.5, 0.6) is 0 Å². The highest BCUT2D eigenvalue weighted by atomic mass is 16.2. The van der Waals surface area contributed by atoms with Crippen molar-refractivity contribution < 1.29 is 9.59 Å². The minimum Gasteiger partial charge on any atom is -0.398 e. The van der Waals surface area contributed by atoms with Crippen molar-refractivity contribution in [2.75, 3.05) is 12.3 Å². The maximum absolute atomic E-state index is 12.0. The molecule has 0 atom stereocenters. The van der Waals surface area contributed by atoms with Crippen LogP contribution in [0.1, 0.15) is 15.9 Å². The highest BCUT2D eigenvalue weighted by Crippen LogP contribution is 2.18. The van der Waals surface area contributed by atoms with Crippen LogP contribution in [0.15, 0.2) is 60.9 Å². The number of rotatable bonds is 5. The summed E-state index contributed by atoms with van der Waals surface area (Å²) in [6.07, 6.45) is 5.22. The zero-order chi connectivity index (χ0) is 17.6. The maximum Gasteiger partial charge on any atom is 0.253 e. The molecule has 0 spiro atoms. The third-order valence-corrected chi connectivity index (χ3v) is 3.74. The zero-order valence-corrected chi connectivity index (χ0v) is 13.5. The van der Waals surface area contributed by atoms with Gasteiger partial charge in [-0.25, -0.2) is 0 Å². The Morgan fingerprint density at radius 2 is 1.84 bits per heavy atom. The van der Waals surface area contributed by atoms with E-state index in [0.29, 0.717) is 11.3 Å². The number of para-hydroxylation sites is 2. The molecule has 6 heteroatoms. The summed E-state index contributed by atoms with van der Waals surface area (Å²) in [5.41, 5.74) is 8.46. The number of H-pyrrole nitrogens is 1. The first-order valence-corrected chi connectivity index (χ1v) is 7.80. The lowest BCUT2D eigenvalue weighted by Gasteiger charge is -2.06. The lowest BCUT2D eigenvalue weighted by atomic mass is 10.1. The molecular weight excluding hydrogens is 316 g/mol. The van der Waals surface area contributed by atoms with Crippen LogP contribution < -0.4 is 16.4 Å². The summed E-state index contributed by atoms with van der Waals surface area (Å²) in [6.45, 7) is -0.134. The van der Waals surface area contributed by atoms with Crippen LogP contribution in [0.4, 0.5) is 5.69 Å². The minimum absolute atomic E-state index is 0.134. The number of benzene rings is 2. The van der Waals surface area contributed by atoms with E-state index in [1.807, 2.05) is 30.5 Å². The molecule has 3 rings (SSSR count). The number of aromatic amines is 1. The first-order chi connectivity index (χ1) is 12.1. The molecule has 126 valence electrons. The van der Waals surface area contributed by atoms with Gasteiger partial charge in [-0.15, -0.1) is 0 Å². The molecule has 2 aromatic carbocycles. The summed E-state index contributed by atoms with van der Waals surface area (Å²) in [6, 6.07) is 14.6. The van der Waals surface area contributed by atoms with Crippen molar-refractivity contribution in [1.82, 2.24) is 15.6 Å². The van der Waals surface area contributed by atoms with E-state index in [9.17, 15) is 9.59 Å². The van der Waals surface area contributed by atoms with Crippen molar-refractivity contribution >= 4 is 34.5 Å². The fourth-order valence-electron chi connectivity index (χ4n) is 2.47. The normalized spacial score (nSPS) is 10.9. The second kappa shape index (κ2) is 7.35. The van der Waals surface area contributed by atoms with Gasteiger partial charge in [0.2, 0.25) is 5.91 Å². The molecule has 2 amide bonds. The summed E-state index contributed by atoms with van der Waals surface area (Å²) < 4.78 is 0. The number of hydrogen-bond donors (Lipinski definition) is 4. The van der Waals surface area contributed by atoms with Gasteiger partial charge in [0.05, 0.1) is 12.1 Å². The highest BCUT2D eigenvalue weighted by molar-refractivity contribution is 6.00. The van der Waals surface area contributed by atoms with Gasteiger partial charge in [0, 0.05) is 34.6 Å². The summed E-state index contributed by atoms with van der Waals surface area (Å²) in [7, 11) is 0. The number of nitrogens with one attached hydrogen (secondary N) is 3. The number of fused-ring (bicyclic) bond motifs is 1. The number of nitrogens with two attached hydrogens (primary N) is 1. The molecule has 0 aliphatic carbocycles. The fourth-order valence-corrected chi connectivity index (χ4v) is 2.47. The van der Waals surface area contributed by atoms with E-state index in [-0.39, 0.29) is 18.4 Å². The average Bonchev–Trinajstić information content (AvgIpc) is 3.03. The van der Waals surface area contributed by atoms with Gasteiger partial charge in [-0.1, -0.05) is 30.3 Å². The summed E-state index contributed by atoms with van der Waals surface area (Å²) >= 11 is 0. The number of carbonyl (C=O) groups excluding carboxylic acids is 2. The lowest BCUT2D eigenvalue weighted by molar-refractivity contribution is -0.119. The van der Waals surface area contributed by atoms with Crippen LogP contribution in [-0.2, 0) is 4.79 Å². The molecule has 0 fully saturated rings. The molecule has 0 aliphatic heterocycles. The largest absolute Gasteiger partial charge is 0.398 e. The van der Waals surface area contributed by atoms with Gasteiger partial charge in [-0.05, 0) is 24.3 Å². The summed E-state index contributed by atoms with van der Waals surface area (Å²) in [5, 5.41) is 6.24. The first kappa shape index (κ1) is 16.3. The smallest absolute Gasteiger partial charge is 0.253 e. The minimum atomic E-state index is -0.381. The van der Waals surface area contributed by atoms with Crippen molar-refractivity contribution in [3.05, 3.63) is 72.1 Å². The monoisotopic (exact) mass is 334 g/mol. The Kier molecular flexibility index (Phi) is 4.80. The van der Waals surface area contributed by atoms with Crippen LogP contribution in [0, 0.1) is 0 Å². The predicted octanol–water partition coefficient (Wildman–Crippen LogP) is 2.27. The standard InChI is InChI=1S/C19H18N4O2/c20-16-7-3-1-6-15(16)19(25)23-12-18(24)21-10-9-13-11-22-17-8-4-2-5-14(13)17/h1-11,22H,12,20H2,(H,21,24)(H,23,25)/b10-9+. The van der Waals surface area contributed by atoms with Crippen molar-refractivity contribution in [3.8, 4) is 0 Å². The van der Waals surface area contributed by atoms with Gasteiger partial charge >= 0.3 is 0 Å². The van der Waals surface area contributed by atoms with Crippen LogP contribution in [0.25, 0.3) is 17.0 Å². The second-order valence-corrected chi connectivity index (χ2v) is 5.46. The number of hydrogen-bond acceptors (Lipinski definition) is 3. The Morgan fingerprint density at radius 1 is 1.08 bits per heavy atom. The van der Waals surface area contributed by atoms with Crippen molar-refractivity contribution in [3.63, 3.8) is 0 Å². The number of nitrogen functional groups attached to an aromatic ring is 1. The molecule has 0 aliphatic rings. The number of amides is 2. The third kappa shape index (κ3) is 3.87. The Morgan fingerprint density at radius 3 is 2.68 bits per heavy atom. The number of anilines is 1. The van der Waals surface area contributed by atoms with Gasteiger partial charge in [0.15, 0.2) is 0 Å². The van der Waals surface area contributed by atoms with Gasteiger partial charge in [0.1, 0.15) is 0 Å². The van der Waals surface area contributed by atoms with Crippen molar-refractivity contribution in [1.29, 1.82) is 0 Å². The molecule has 1 aromatic heterocycles. The van der Waals surface area contributed by atoms with E-state index in [4.69, 9.17) is 5.73 Å². The molecule has 25 heavy (non-hydrogen) atoms. The Balaban J connectivity index is 1.53. The van der Waals surface area contributed by atoms with Gasteiger partial charge in [0.25, 0.3) is 5.91 Å². The molecule has 6 nitrogen and oxygen atoms in total. The molecule has 0 saturated carbocycles. The zero-order valence-electron chi connectivity index (χ0n) is 13.5. The van der Waals surface area contributed by atoms with Gasteiger partial charge in [-0.3, -0.25) is 9.59 Å². The molecule has 0 saturated heterocycles. The van der Waals surface area contributed by atoms with Crippen LogP contribution >= 0.6 is 0 Å². The predicted molar refractivity (Wildman–Crippen MR) is 98.7 cm³/mol. The molecule has 0 radical (unpaired) electrons. The topological polar surface area (TPSA) is 100 Å². The second-order valence-electron chi connectivity index (χ2n) is 5.46. The van der Waals surface area contributed by atoms with Crippen molar-refractivity contribution in [2.45, 2.75) is 0 Å². The molecule has 5 N–H and O–H groups in total. The number of aromatic nitrogens is 1. The molecule has 3 aromatic rings. The molecular formula is C19H18N4O2. The lowest BCUT2D eigenvalue weighted by Crippen LogP contribution is -2.35. The van der Waals surface area contributed by atoms with E-state index in [2.05, 4.69) is 15.6 Å². The van der Waals surface area contributed by atoms with Crippen LogP contribution in [0.3, 0.4) is 0 Å². The number of carbonyl (C=O) groups is 2. The Hall–Kier alpha value is -3.54. The molecule has 0 unspecified atom stereocenters. The average molecular weight is 334 g/mol. The van der Waals surface area contributed by atoms with Gasteiger partial charge < -0.3 is 21.4 Å². The summed E-state index contributed by atoms with van der Waals surface area (Å²) in [4.78, 5) is 27.0. The van der Waals surface area contributed by atoms with E-state index in [0.717, 1.165) is 16.5 Å². The molecule has 0 bridgehead atoms. The summed E-state index contributed by atoms with van der Waals surface area (Å²) in [5.74, 6) is -0.701. The SMILES string of the molecule is Nc1ccccc1C(=O)NCC(=O)N/C=C/c1c[nH]c2ccccc12. The van der Waals surface area contributed by atoms with E-state index < -0.39 is 0 Å². The Bertz CT molecular complexity index is 943. The highest BCUT2D eigenvalue weighted by Gasteiger charge is 2.09.